The van der Waals surface area contributed by atoms with Gasteiger partial charge in [-0.05, 0) is 179 Å². The Balaban J connectivity index is 1.44. The van der Waals surface area contributed by atoms with Crippen LogP contribution in [-0.2, 0) is 21.7 Å². The van der Waals surface area contributed by atoms with Gasteiger partial charge >= 0.3 is 0 Å². The Morgan fingerprint density at radius 3 is 0.988 bits per heavy atom. The number of aliphatic imine (C=N–C) groups is 4. The molecular weight excluding hydrogens is 1030 g/mol. The molecule has 6 rings (SSSR count). The Bertz CT molecular complexity index is 2800. The molecule has 0 aliphatic carbocycles. The molecule has 6 heteroatoms. The Hall–Kier alpha value is -3.74. The Kier molecular flexibility index (Phi) is 22.1. The predicted octanol–water partition coefficient (Wildman–Crippen LogP) is 24.0. The Labute approximate surface area is 511 Å². The molecule has 0 spiro atoms. The average Bonchev–Trinajstić information content (AvgIpc) is 3.58. The van der Waals surface area contributed by atoms with Gasteiger partial charge in [0.2, 0.25) is 0 Å². The van der Waals surface area contributed by atoms with E-state index in [1.807, 2.05) is 0 Å². The highest BCUT2D eigenvalue weighted by Crippen LogP contribution is 2.50. The second-order valence-electron chi connectivity index (χ2n) is 30.8. The molecule has 4 nitrogen and oxygen atoms in total. The standard InChI is InChI=1S/C76H114N4S2/c1-44(2)55-39-57(46(5)6)69(58(40-55)47(7)8)77-52(15)67-37-54(38-68(82-67)53(16)78-70-59(48(9)10)41-56(45(3)4)42-60(70)49(11)12)43-76(26,27)64-34-29-33-63(75(23,24)25)72(64)80-51(14)66-36-30-35-65(81-66)50(13)79-71-61(73(17,18)19)31-28-32-62(71)74(20,21)22/h28-29,31-34,39-42,44-49,54,65-68H,30,35-38,43H2,1-27H3. The van der Waals surface area contributed by atoms with Crippen molar-refractivity contribution in [1.82, 2.24) is 0 Å². The van der Waals surface area contributed by atoms with E-state index < -0.39 is 0 Å². The minimum atomic E-state index is -0.167. The normalized spacial score (nSPS) is 20.7. The van der Waals surface area contributed by atoms with Gasteiger partial charge < -0.3 is 0 Å². The number of nitrogens with zero attached hydrogens (tertiary/aromatic N) is 4. The molecule has 4 aromatic carbocycles. The number of rotatable bonds is 17. The molecular formula is C76H114N4S2. The molecule has 2 saturated heterocycles. The van der Waals surface area contributed by atoms with Crippen molar-refractivity contribution >= 4 is 69.1 Å². The smallest absolute Gasteiger partial charge is 0.0704 e. The van der Waals surface area contributed by atoms with E-state index >= 15 is 0 Å². The topological polar surface area (TPSA) is 49.4 Å². The fourth-order valence-electron chi connectivity index (χ4n) is 12.8. The number of benzene rings is 4. The van der Waals surface area contributed by atoms with Gasteiger partial charge in [0.15, 0.2) is 0 Å². The summed E-state index contributed by atoms with van der Waals surface area (Å²) < 4.78 is 0. The van der Waals surface area contributed by atoms with Crippen LogP contribution < -0.4 is 0 Å². The van der Waals surface area contributed by atoms with Crippen LogP contribution in [0.15, 0.2) is 80.6 Å². The summed E-state index contributed by atoms with van der Waals surface area (Å²) in [5.74, 6) is 2.83. The maximum absolute atomic E-state index is 5.90. The van der Waals surface area contributed by atoms with E-state index in [0.29, 0.717) is 51.9 Å². The van der Waals surface area contributed by atoms with Crippen LogP contribution in [0.4, 0.5) is 22.7 Å². The minimum Gasteiger partial charge on any atom is -0.256 e. The lowest BCUT2D eigenvalue weighted by atomic mass is 9.71. The maximum atomic E-state index is 5.90. The fourth-order valence-corrected chi connectivity index (χ4v) is 15.9. The van der Waals surface area contributed by atoms with Crippen LogP contribution in [0, 0.1) is 5.92 Å². The number of hydrogen-bond acceptors (Lipinski definition) is 6. The summed E-state index contributed by atoms with van der Waals surface area (Å²) in [7, 11) is 0. The van der Waals surface area contributed by atoms with E-state index in [0.717, 1.165) is 32.1 Å². The lowest BCUT2D eigenvalue weighted by molar-refractivity contribution is 0.330. The van der Waals surface area contributed by atoms with Crippen LogP contribution in [0.2, 0.25) is 0 Å². The molecule has 82 heavy (non-hydrogen) atoms. The van der Waals surface area contributed by atoms with Gasteiger partial charge in [0.1, 0.15) is 0 Å². The lowest BCUT2D eigenvalue weighted by Crippen LogP contribution is -2.35. The van der Waals surface area contributed by atoms with Crippen molar-refractivity contribution in [2.45, 2.75) is 304 Å². The van der Waals surface area contributed by atoms with Crippen molar-refractivity contribution in [3.8, 4) is 0 Å². The molecule has 2 fully saturated rings. The number of para-hydroxylation sites is 2. The molecule has 0 saturated carbocycles. The summed E-state index contributed by atoms with van der Waals surface area (Å²) in [4.78, 5) is 23.1. The van der Waals surface area contributed by atoms with E-state index in [4.69, 9.17) is 20.0 Å². The quantitative estimate of drug-likeness (QED) is 0.0990. The zero-order valence-corrected chi connectivity index (χ0v) is 58.6. The summed E-state index contributed by atoms with van der Waals surface area (Å²) in [5, 5.41) is 1.15. The summed E-state index contributed by atoms with van der Waals surface area (Å²) >= 11 is 4.23. The van der Waals surface area contributed by atoms with Crippen molar-refractivity contribution in [3.63, 3.8) is 0 Å². The van der Waals surface area contributed by atoms with E-state index in [-0.39, 0.29) is 32.2 Å². The summed E-state index contributed by atoms with van der Waals surface area (Å²) in [6.07, 6.45) is 6.66. The fraction of sp³-hybridized carbons (Fsp3) is 0.632. The van der Waals surface area contributed by atoms with Gasteiger partial charge in [-0.3, -0.25) is 20.0 Å². The summed E-state index contributed by atoms with van der Waals surface area (Å²) in [6.45, 7) is 63.4. The highest BCUT2D eigenvalue weighted by Gasteiger charge is 2.39. The van der Waals surface area contributed by atoms with E-state index in [9.17, 15) is 0 Å². The Morgan fingerprint density at radius 2 is 0.683 bits per heavy atom. The van der Waals surface area contributed by atoms with Gasteiger partial charge in [0, 0.05) is 43.8 Å². The van der Waals surface area contributed by atoms with Gasteiger partial charge in [0.25, 0.3) is 0 Å². The van der Waals surface area contributed by atoms with E-state index in [2.05, 4.69) is 271 Å². The van der Waals surface area contributed by atoms with Gasteiger partial charge in [-0.1, -0.05) is 226 Å². The first-order chi connectivity index (χ1) is 37.9. The molecule has 2 aliphatic heterocycles. The molecule has 450 valence electrons. The first kappa shape index (κ1) is 67.4. The minimum absolute atomic E-state index is 0.0106. The first-order valence-electron chi connectivity index (χ1n) is 32.1. The van der Waals surface area contributed by atoms with Crippen LogP contribution in [0.3, 0.4) is 0 Å². The maximum Gasteiger partial charge on any atom is 0.0704 e. The highest BCUT2D eigenvalue weighted by molar-refractivity contribution is 8.02. The molecule has 4 atom stereocenters. The second-order valence-corrected chi connectivity index (χ2v) is 33.6. The average molecular weight is 1150 g/mol. The zero-order valence-electron chi connectivity index (χ0n) is 57.0. The molecule has 0 N–H and O–H groups in total. The molecule has 2 aliphatic rings. The van der Waals surface area contributed by atoms with Crippen LogP contribution in [0.25, 0.3) is 0 Å². The zero-order chi connectivity index (χ0) is 61.3. The monoisotopic (exact) mass is 1150 g/mol. The highest BCUT2D eigenvalue weighted by atomic mass is 32.2. The number of hydrogen-bond donors (Lipinski definition) is 0. The SMILES string of the molecule is CC(=Nc1c(C(C)C)cc(C(C)C)cc1C(C)C)C1CC(CC(C)(C)c2cccc(C(C)(C)C)c2N=C(C)C2CCCC(C(C)=Nc3c(C(C)(C)C)cccc3C(C)(C)C)S2)CC(C(C)=Nc2c(C(C)C)cc(C(C)C)cc2C(C)C)S1. The van der Waals surface area contributed by atoms with Gasteiger partial charge in [0.05, 0.1) is 22.7 Å². The van der Waals surface area contributed by atoms with E-state index in [1.54, 1.807) is 0 Å². The van der Waals surface area contributed by atoms with Crippen LogP contribution in [0.5, 0.6) is 0 Å². The second kappa shape index (κ2) is 26.9. The van der Waals surface area contributed by atoms with Gasteiger partial charge in [-0.15, -0.1) is 23.5 Å². The van der Waals surface area contributed by atoms with Crippen molar-refractivity contribution < 1.29 is 0 Å². The predicted molar refractivity (Wildman–Crippen MR) is 372 cm³/mol. The van der Waals surface area contributed by atoms with Gasteiger partial charge in [-0.25, -0.2) is 0 Å². The molecule has 4 aromatic rings. The third kappa shape index (κ3) is 16.2. The molecule has 0 amide bonds. The van der Waals surface area contributed by atoms with E-state index in [1.165, 1.54) is 108 Å². The van der Waals surface area contributed by atoms with Gasteiger partial charge in [-0.2, -0.15) is 0 Å². The molecule has 2 heterocycles. The third-order valence-electron chi connectivity index (χ3n) is 17.9. The third-order valence-corrected chi connectivity index (χ3v) is 21.5. The van der Waals surface area contributed by atoms with Crippen LogP contribution in [-0.4, -0.2) is 43.8 Å². The molecule has 0 bridgehead atoms. The molecule has 4 unspecified atom stereocenters. The van der Waals surface area contributed by atoms with Crippen molar-refractivity contribution in [1.29, 1.82) is 0 Å². The summed E-state index contributed by atoms with van der Waals surface area (Å²) in [6, 6.07) is 23.8. The molecule has 0 aromatic heterocycles. The largest absolute Gasteiger partial charge is 0.256 e. The van der Waals surface area contributed by atoms with Crippen LogP contribution >= 0.6 is 23.5 Å². The molecule has 0 radical (unpaired) electrons. The number of thioether (sulfide) groups is 2. The lowest BCUT2D eigenvalue weighted by Gasteiger charge is -2.40. The van der Waals surface area contributed by atoms with Crippen molar-refractivity contribution in [3.05, 3.63) is 116 Å². The van der Waals surface area contributed by atoms with Crippen molar-refractivity contribution in [2.75, 3.05) is 0 Å². The van der Waals surface area contributed by atoms with Crippen molar-refractivity contribution in [2.24, 2.45) is 25.9 Å². The summed E-state index contributed by atoms with van der Waals surface area (Å²) in [5.41, 5.74) is 23.1. The van der Waals surface area contributed by atoms with Crippen LogP contribution in [0.1, 0.15) is 317 Å². The Morgan fingerprint density at radius 1 is 0.402 bits per heavy atom. The first-order valence-corrected chi connectivity index (χ1v) is 33.9.